The third-order valence-corrected chi connectivity index (χ3v) is 9.61. The van der Waals surface area contributed by atoms with Crippen LogP contribution in [0.5, 0.6) is 11.5 Å². The van der Waals surface area contributed by atoms with Crippen LogP contribution in [0.3, 0.4) is 0 Å². The van der Waals surface area contributed by atoms with E-state index in [2.05, 4.69) is 0 Å². The smallest absolute Gasteiger partial charge is 0.332 e. The SMILES string of the molecule is CCCCOC(=O)C1C2OC(C(OC(c3ccccc3)(c3ccc(OC)cc3)c3ccc(OC)cc3)C2OC(=O)COCC(=O)O)C1C(=O)OCCCC. The molecule has 13 heteroatoms. The van der Waals surface area contributed by atoms with E-state index in [4.69, 9.17) is 43.0 Å². The lowest BCUT2D eigenvalue weighted by Crippen LogP contribution is -2.57. The lowest BCUT2D eigenvalue weighted by Gasteiger charge is -2.43. The molecule has 2 aliphatic rings. The summed E-state index contributed by atoms with van der Waals surface area (Å²) in [6, 6.07) is 24.0. The molecule has 0 amide bonds. The maximum absolute atomic E-state index is 14.0. The Morgan fingerprint density at radius 1 is 0.667 bits per heavy atom. The molecule has 0 spiro atoms. The minimum absolute atomic E-state index is 0.125. The fourth-order valence-corrected chi connectivity index (χ4v) is 6.99. The number of methoxy groups -OCH3 is 2. The average Bonchev–Trinajstić information content (AvgIpc) is 3.74. The van der Waals surface area contributed by atoms with Crippen molar-refractivity contribution in [1.82, 2.24) is 0 Å². The molecule has 0 radical (unpaired) electrons. The number of unbranched alkanes of at least 4 members (excludes halogenated alkanes) is 2. The number of hydrogen-bond acceptors (Lipinski definition) is 12. The fourth-order valence-electron chi connectivity index (χ4n) is 6.99. The zero-order valence-corrected chi connectivity index (χ0v) is 31.0. The highest BCUT2D eigenvalue weighted by molar-refractivity contribution is 5.85. The number of carboxylic acid groups (broad SMARTS) is 1. The zero-order chi connectivity index (χ0) is 38.7. The fraction of sp³-hybridized carbons (Fsp3) is 0.463. The molecule has 1 N–H and O–H groups in total. The van der Waals surface area contributed by atoms with Gasteiger partial charge in [-0.2, -0.15) is 0 Å². The van der Waals surface area contributed by atoms with E-state index in [1.807, 2.05) is 68.4 Å². The van der Waals surface area contributed by atoms with Crippen LogP contribution >= 0.6 is 0 Å². The van der Waals surface area contributed by atoms with Crippen molar-refractivity contribution in [3.63, 3.8) is 0 Å². The Hall–Kier alpha value is -4.98. The van der Waals surface area contributed by atoms with Gasteiger partial charge >= 0.3 is 23.9 Å². The maximum atomic E-state index is 14.0. The first kappa shape index (κ1) is 40.2. The van der Waals surface area contributed by atoms with Crippen LogP contribution in [0.25, 0.3) is 0 Å². The van der Waals surface area contributed by atoms with Gasteiger partial charge in [0.25, 0.3) is 0 Å². The van der Waals surface area contributed by atoms with Gasteiger partial charge in [-0.3, -0.25) is 9.59 Å². The third-order valence-electron chi connectivity index (χ3n) is 9.61. The zero-order valence-electron chi connectivity index (χ0n) is 31.0. The van der Waals surface area contributed by atoms with Gasteiger partial charge in [0.1, 0.15) is 60.5 Å². The van der Waals surface area contributed by atoms with Crippen molar-refractivity contribution < 1.29 is 62.2 Å². The molecule has 0 saturated carbocycles. The highest BCUT2D eigenvalue weighted by Crippen LogP contribution is 2.52. The molecule has 6 unspecified atom stereocenters. The van der Waals surface area contributed by atoms with Crippen LogP contribution in [0.2, 0.25) is 0 Å². The molecule has 2 heterocycles. The number of carboxylic acids is 1. The molecule has 5 rings (SSSR count). The lowest BCUT2D eigenvalue weighted by atomic mass is 9.74. The Labute approximate surface area is 314 Å². The number of rotatable bonds is 20. The first-order valence-corrected chi connectivity index (χ1v) is 18.2. The molecule has 290 valence electrons. The number of carbonyl (C=O) groups excluding carboxylic acids is 3. The highest BCUT2D eigenvalue weighted by atomic mass is 16.7. The second kappa shape index (κ2) is 18.9. The molecule has 3 aromatic rings. The van der Waals surface area contributed by atoms with Crippen molar-refractivity contribution in [1.29, 1.82) is 0 Å². The average molecular weight is 749 g/mol. The van der Waals surface area contributed by atoms with E-state index in [0.29, 0.717) is 41.0 Å². The van der Waals surface area contributed by atoms with Gasteiger partial charge in [-0.15, -0.1) is 0 Å². The van der Waals surface area contributed by atoms with Gasteiger partial charge in [0.15, 0.2) is 6.10 Å². The topological polar surface area (TPSA) is 162 Å². The Morgan fingerprint density at radius 2 is 1.15 bits per heavy atom. The standard InChI is InChI=1S/C41H48O13/c1-5-7-22-50-39(45)33-34(40(46)51-23-8-6-2)36-38(37(35(33)53-36)52-32(44)25-49-24-31(42)43)54-41(26-12-10-9-11-13-26,27-14-18-29(47-3)19-15-27)28-16-20-30(48-4)21-17-28/h9-21,33-38H,5-8,22-25H2,1-4H3,(H,42,43). The third kappa shape index (κ3) is 8.86. The number of esters is 3. The summed E-state index contributed by atoms with van der Waals surface area (Å²) in [4.78, 5) is 52.2. The Morgan fingerprint density at radius 3 is 1.61 bits per heavy atom. The van der Waals surface area contributed by atoms with Gasteiger partial charge in [-0.05, 0) is 53.8 Å². The lowest BCUT2D eigenvalue weighted by molar-refractivity contribution is -0.185. The van der Waals surface area contributed by atoms with Crippen LogP contribution < -0.4 is 9.47 Å². The van der Waals surface area contributed by atoms with Gasteiger partial charge in [-0.25, -0.2) is 9.59 Å². The van der Waals surface area contributed by atoms with E-state index < -0.39 is 78.9 Å². The van der Waals surface area contributed by atoms with Crippen LogP contribution in [0, 0.1) is 11.8 Å². The molecular weight excluding hydrogens is 700 g/mol. The van der Waals surface area contributed by atoms with Gasteiger partial charge in [0, 0.05) is 0 Å². The monoisotopic (exact) mass is 748 g/mol. The van der Waals surface area contributed by atoms with Gasteiger partial charge in [0.05, 0.1) is 27.4 Å². The molecule has 0 aliphatic carbocycles. The summed E-state index contributed by atoms with van der Waals surface area (Å²) in [7, 11) is 3.13. The van der Waals surface area contributed by atoms with Crippen LogP contribution in [-0.4, -0.2) is 94.0 Å². The molecule has 2 saturated heterocycles. The number of carbonyl (C=O) groups is 4. The van der Waals surface area contributed by atoms with Gasteiger partial charge in [0.2, 0.25) is 0 Å². The molecule has 6 atom stereocenters. The molecule has 0 aromatic heterocycles. The van der Waals surface area contributed by atoms with Crippen LogP contribution in [0.15, 0.2) is 78.9 Å². The maximum Gasteiger partial charge on any atom is 0.332 e. The summed E-state index contributed by atoms with van der Waals surface area (Å²) in [5.41, 5.74) is 0.580. The second-order valence-electron chi connectivity index (χ2n) is 13.1. The first-order valence-electron chi connectivity index (χ1n) is 18.2. The largest absolute Gasteiger partial charge is 0.497 e. The summed E-state index contributed by atoms with van der Waals surface area (Å²) < 4.78 is 47.1. The molecule has 54 heavy (non-hydrogen) atoms. The van der Waals surface area contributed by atoms with Gasteiger partial charge in [-0.1, -0.05) is 81.3 Å². The van der Waals surface area contributed by atoms with Crippen molar-refractivity contribution >= 4 is 23.9 Å². The van der Waals surface area contributed by atoms with Crippen molar-refractivity contribution in [2.45, 2.75) is 69.5 Å². The van der Waals surface area contributed by atoms with Crippen molar-refractivity contribution in [3.8, 4) is 11.5 Å². The molecule has 2 aliphatic heterocycles. The predicted octanol–water partition coefficient (Wildman–Crippen LogP) is 5.09. The number of benzene rings is 3. The van der Waals surface area contributed by atoms with Crippen LogP contribution in [-0.2, 0) is 53.2 Å². The van der Waals surface area contributed by atoms with E-state index in [0.717, 1.165) is 12.8 Å². The van der Waals surface area contributed by atoms with E-state index >= 15 is 0 Å². The molecular formula is C41H48O13. The molecule has 2 fully saturated rings. The summed E-state index contributed by atoms with van der Waals surface area (Å²) in [6.07, 6.45) is -1.99. The van der Waals surface area contributed by atoms with Gasteiger partial charge < -0.3 is 43.0 Å². The molecule has 3 aromatic carbocycles. The normalized spacial score (nSPS) is 21.6. The summed E-state index contributed by atoms with van der Waals surface area (Å²) in [5.74, 6) is -4.66. The van der Waals surface area contributed by atoms with E-state index in [-0.39, 0.29) is 13.2 Å². The van der Waals surface area contributed by atoms with E-state index in [1.165, 1.54) is 0 Å². The Bertz CT molecular complexity index is 1640. The first-order chi connectivity index (χ1) is 26.2. The van der Waals surface area contributed by atoms with E-state index in [9.17, 15) is 19.2 Å². The van der Waals surface area contributed by atoms with Crippen molar-refractivity contribution in [2.24, 2.45) is 11.8 Å². The highest BCUT2D eigenvalue weighted by Gasteiger charge is 2.68. The summed E-state index contributed by atoms with van der Waals surface area (Å²) in [5, 5.41) is 9.07. The number of hydrogen-bond donors (Lipinski definition) is 1. The Kier molecular flexibility index (Phi) is 14.0. The number of ether oxygens (including phenoxy) is 8. The number of aliphatic carboxylic acids is 1. The molecule has 13 nitrogen and oxygen atoms in total. The Balaban J connectivity index is 1.66. The van der Waals surface area contributed by atoms with E-state index in [1.54, 1.807) is 38.5 Å². The quantitative estimate of drug-likeness (QED) is 0.0704. The minimum atomic E-state index is -1.43. The van der Waals surface area contributed by atoms with Crippen molar-refractivity contribution in [2.75, 3.05) is 40.6 Å². The summed E-state index contributed by atoms with van der Waals surface area (Å²) in [6.45, 7) is 2.76. The second-order valence-corrected chi connectivity index (χ2v) is 13.1. The van der Waals surface area contributed by atoms with Crippen LogP contribution in [0.4, 0.5) is 0 Å². The predicted molar refractivity (Wildman–Crippen MR) is 193 cm³/mol. The van der Waals surface area contributed by atoms with Crippen molar-refractivity contribution in [3.05, 3.63) is 95.6 Å². The van der Waals surface area contributed by atoms with Crippen LogP contribution in [0.1, 0.15) is 56.2 Å². The molecule has 2 bridgehead atoms. The minimum Gasteiger partial charge on any atom is -0.497 e. The summed E-state index contributed by atoms with van der Waals surface area (Å²) >= 11 is 0. The number of fused-ring (bicyclic) bond motifs is 2.